The zero-order valence-electron chi connectivity index (χ0n) is 7.59. The van der Waals surface area contributed by atoms with Crippen LogP contribution in [0, 0.1) is 0 Å². The van der Waals surface area contributed by atoms with Gasteiger partial charge < -0.3 is 5.32 Å². The molecule has 70 valence electrons. The van der Waals surface area contributed by atoms with Crippen LogP contribution in [0.1, 0.15) is 18.4 Å². The maximum absolute atomic E-state index is 14.2. The van der Waals surface area contributed by atoms with Crippen molar-refractivity contribution < 1.29 is 4.39 Å². The van der Waals surface area contributed by atoms with E-state index in [1.165, 1.54) is 0 Å². The van der Waals surface area contributed by atoms with Crippen molar-refractivity contribution in [1.29, 1.82) is 0 Å². The zero-order chi connectivity index (χ0) is 9.15. The van der Waals surface area contributed by atoms with Crippen LogP contribution in [0.15, 0.2) is 30.3 Å². The third-order valence-electron chi connectivity index (χ3n) is 2.62. The van der Waals surface area contributed by atoms with Gasteiger partial charge in [0.15, 0.2) is 0 Å². The normalized spacial score (nSPS) is 28.7. The molecule has 2 rings (SSSR count). The molecule has 1 aliphatic rings. The predicted octanol–water partition coefficient (Wildman–Crippen LogP) is 2.23. The summed E-state index contributed by atoms with van der Waals surface area (Å²) in [6.07, 6.45) is 1.56. The highest BCUT2D eigenvalue weighted by atomic mass is 19.1. The number of hydrogen-bond acceptors (Lipinski definition) is 1. The van der Waals surface area contributed by atoms with Crippen molar-refractivity contribution in [2.45, 2.75) is 18.5 Å². The highest BCUT2D eigenvalue weighted by Gasteiger charge is 2.33. The van der Waals surface area contributed by atoms with Gasteiger partial charge in [0.25, 0.3) is 0 Å². The molecule has 1 N–H and O–H groups in total. The van der Waals surface area contributed by atoms with Crippen molar-refractivity contribution in [2.75, 3.05) is 13.1 Å². The molecule has 13 heavy (non-hydrogen) atoms. The summed E-state index contributed by atoms with van der Waals surface area (Å²) in [4.78, 5) is 0. The van der Waals surface area contributed by atoms with Crippen LogP contribution in [0.4, 0.5) is 4.39 Å². The average Bonchev–Trinajstić information content (AvgIpc) is 2.20. The lowest BCUT2D eigenvalue weighted by Gasteiger charge is -2.30. The fourth-order valence-electron chi connectivity index (χ4n) is 1.85. The van der Waals surface area contributed by atoms with E-state index in [4.69, 9.17) is 0 Å². The molecule has 1 heterocycles. The van der Waals surface area contributed by atoms with E-state index in [1.54, 1.807) is 0 Å². The fourth-order valence-corrected chi connectivity index (χ4v) is 1.85. The summed E-state index contributed by atoms with van der Waals surface area (Å²) in [5.74, 6) is 0. The SMILES string of the molecule is FC1(c2ccccc2)CCCNC1. The first-order chi connectivity index (χ1) is 6.31. The van der Waals surface area contributed by atoms with Crippen LogP contribution in [-0.4, -0.2) is 13.1 Å². The fraction of sp³-hybridized carbons (Fsp3) is 0.455. The Morgan fingerprint density at radius 3 is 2.62 bits per heavy atom. The Balaban J connectivity index is 2.23. The average molecular weight is 179 g/mol. The predicted molar refractivity (Wildman–Crippen MR) is 51.3 cm³/mol. The van der Waals surface area contributed by atoms with E-state index < -0.39 is 5.67 Å². The summed E-state index contributed by atoms with van der Waals surface area (Å²) < 4.78 is 14.2. The molecule has 1 unspecified atom stereocenters. The Bertz CT molecular complexity index is 265. The Morgan fingerprint density at radius 1 is 1.23 bits per heavy atom. The van der Waals surface area contributed by atoms with Crippen LogP contribution < -0.4 is 5.32 Å². The molecule has 0 amide bonds. The highest BCUT2D eigenvalue weighted by molar-refractivity contribution is 5.23. The molecule has 1 aromatic rings. The molecule has 0 radical (unpaired) electrons. The summed E-state index contributed by atoms with van der Waals surface area (Å²) in [6, 6.07) is 9.44. The lowest BCUT2D eigenvalue weighted by molar-refractivity contribution is 0.122. The number of piperidine rings is 1. The molecule has 1 saturated heterocycles. The minimum absolute atomic E-state index is 0.455. The van der Waals surface area contributed by atoms with Gasteiger partial charge >= 0.3 is 0 Å². The summed E-state index contributed by atoms with van der Waals surface area (Å²) in [5, 5.41) is 3.10. The molecule has 0 aliphatic carbocycles. The quantitative estimate of drug-likeness (QED) is 0.697. The number of alkyl halides is 1. The Kier molecular flexibility index (Phi) is 2.32. The topological polar surface area (TPSA) is 12.0 Å². The van der Waals surface area contributed by atoms with Crippen LogP contribution >= 0.6 is 0 Å². The van der Waals surface area contributed by atoms with Crippen molar-refractivity contribution in [3.63, 3.8) is 0 Å². The van der Waals surface area contributed by atoms with Crippen LogP contribution in [0.25, 0.3) is 0 Å². The van der Waals surface area contributed by atoms with E-state index in [0.29, 0.717) is 13.0 Å². The maximum Gasteiger partial charge on any atom is 0.148 e. The monoisotopic (exact) mass is 179 g/mol. The number of benzene rings is 1. The maximum atomic E-state index is 14.2. The molecule has 0 bridgehead atoms. The summed E-state index contributed by atoms with van der Waals surface area (Å²) in [7, 11) is 0. The van der Waals surface area contributed by atoms with E-state index in [2.05, 4.69) is 5.32 Å². The first-order valence-corrected chi connectivity index (χ1v) is 4.76. The standard InChI is InChI=1S/C11H14FN/c12-11(7-4-8-13-9-11)10-5-2-1-3-6-10/h1-3,5-6,13H,4,7-9H2. The van der Waals surface area contributed by atoms with Crippen molar-refractivity contribution in [3.8, 4) is 0 Å². The van der Waals surface area contributed by atoms with Gasteiger partial charge in [0.1, 0.15) is 5.67 Å². The van der Waals surface area contributed by atoms with Crippen molar-refractivity contribution >= 4 is 0 Å². The smallest absolute Gasteiger partial charge is 0.148 e. The Labute approximate surface area is 78.0 Å². The lowest BCUT2D eigenvalue weighted by atomic mass is 9.88. The van der Waals surface area contributed by atoms with Crippen LogP contribution in [0.3, 0.4) is 0 Å². The first-order valence-electron chi connectivity index (χ1n) is 4.76. The molecule has 0 aromatic heterocycles. The van der Waals surface area contributed by atoms with Crippen LogP contribution in [0.5, 0.6) is 0 Å². The third-order valence-corrected chi connectivity index (χ3v) is 2.62. The largest absolute Gasteiger partial charge is 0.313 e. The molecule has 1 fully saturated rings. The van der Waals surface area contributed by atoms with Gasteiger partial charge in [-0.05, 0) is 24.9 Å². The van der Waals surface area contributed by atoms with E-state index in [9.17, 15) is 4.39 Å². The molecule has 1 nitrogen and oxygen atoms in total. The first kappa shape index (κ1) is 8.70. The van der Waals surface area contributed by atoms with Crippen molar-refractivity contribution in [2.24, 2.45) is 0 Å². The van der Waals surface area contributed by atoms with E-state index in [-0.39, 0.29) is 0 Å². The number of nitrogens with one attached hydrogen (secondary N) is 1. The van der Waals surface area contributed by atoms with E-state index in [0.717, 1.165) is 18.5 Å². The molecular weight excluding hydrogens is 165 g/mol. The number of hydrogen-bond donors (Lipinski definition) is 1. The second-order valence-electron chi connectivity index (χ2n) is 3.61. The molecule has 1 atom stereocenters. The van der Waals surface area contributed by atoms with Gasteiger partial charge in [-0.25, -0.2) is 4.39 Å². The van der Waals surface area contributed by atoms with Gasteiger partial charge in [-0.2, -0.15) is 0 Å². The molecule has 1 aliphatic heterocycles. The van der Waals surface area contributed by atoms with Crippen molar-refractivity contribution in [1.82, 2.24) is 5.32 Å². The van der Waals surface area contributed by atoms with Gasteiger partial charge in [0.2, 0.25) is 0 Å². The summed E-state index contributed by atoms with van der Waals surface area (Å²) in [5.41, 5.74) is -0.332. The lowest BCUT2D eigenvalue weighted by Crippen LogP contribution is -2.39. The zero-order valence-corrected chi connectivity index (χ0v) is 7.59. The van der Waals surface area contributed by atoms with Gasteiger partial charge in [-0.3, -0.25) is 0 Å². The van der Waals surface area contributed by atoms with E-state index >= 15 is 0 Å². The summed E-state index contributed by atoms with van der Waals surface area (Å²) in [6.45, 7) is 1.40. The molecular formula is C11H14FN. The minimum Gasteiger partial charge on any atom is -0.313 e. The molecule has 2 heteroatoms. The van der Waals surface area contributed by atoms with Gasteiger partial charge in [-0.15, -0.1) is 0 Å². The van der Waals surface area contributed by atoms with Gasteiger partial charge in [0, 0.05) is 6.54 Å². The Morgan fingerprint density at radius 2 is 2.00 bits per heavy atom. The molecule has 1 aromatic carbocycles. The Hall–Kier alpha value is -0.890. The van der Waals surface area contributed by atoms with Gasteiger partial charge in [-0.1, -0.05) is 30.3 Å². The highest BCUT2D eigenvalue weighted by Crippen LogP contribution is 2.32. The second kappa shape index (κ2) is 3.46. The minimum atomic E-state index is -1.14. The van der Waals surface area contributed by atoms with Gasteiger partial charge in [0.05, 0.1) is 0 Å². The van der Waals surface area contributed by atoms with E-state index in [1.807, 2.05) is 30.3 Å². The molecule has 0 saturated carbocycles. The second-order valence-corrected chi connectivity index (χ2v) is 3.61. The number of rotatable bonds is 1. The van der Waals surface area contributed by atoms with Crippen LogP contribution in [-0.2, 0) is 5.67 Å². The summed E-state index contributed by atoms with van der Waals surface area (Å²) >= 11 is 0. The number of halogens is 1. The van der Waals surface area contributed by atoms with Crippen LogP contribution in [0.2, 0.25) is 0 Å². The third kappa shape index (κ3) is 1.73. The molecule has 0 spiro atoms. The van der Waals surface area contributed by atoms with Crippen molar-refractivity contribution in [3.05, 3.63) is 35.9 Å².